The monoisotopic (exact) mass is 458 g/mol. The largest absolute Gasteiger partial charge is 0.397 e. The van der Waals surface area contributed by atoms with E-state index in [2.05, 4.69) is 29.4 Å². The van der Waals surface area contributed by atoms with E-state index in [0.717, 1.165) is 58.3 Å². The zero-order valence-corrected chi connectivity index (χ0v) is 19.4. The van der Waals surface area contributed by atoms with E-state index in [1.54, 1.807) is 23.5 Å². The molecule has 0 aliphatic carbocycles. The Labute approximate surface area is 197 Å². The van der Waals surface area contributed by atoms with Crippen LogP contribution in [0, 0.1) is 5.82 Å². The molecule has 1 fully saturated rings. The highest BCUT2D eigenvalue weighted by atomic mass is 32.1. The number of anilines is 1. The Morgan fingerprint density at radius 1 is 1.03 bits per heavy atom. The minimum absolute atomic E-state index is 0.0669. The minimum atomic E-state index is -0.253. The maximum absolute atomic E-state index is 13.6. The van der Waals surface area contributed by atoms with E-state index >= 15 is 0 Å². The maximum atomic E-state index is 13.6. The predicted molar refractivity (Wildman–Crippen MR) is 134 cm³/mol. The van der Waals surface area contributed by atoms with E-state index in [-0.39, 0.29) is 11.7 Å². The quantitative estimate of drug-likeness (QED) is 0.373. The first-order chi connectivity index (χ1) is 16.1. The number of thiazole rings is 1. The van der Waals surface area contributed by atoms with Crippen molar-refractivity contribution in [1.82, 2.24) is 15.3 Å². The number of pyridine rings is 1. The Hall–Kier alpha value is -3.09. The molecule has 5 rings (SSSR count). The van der Waals surface area contributed by atoms with Gasteiger partial charge in [0.15, 0.2) is 0 Å². The molecular formula is C27H27FN4S. The molecule has 1 aliphatic rings. The Kier molecular flexibility index (Phi) is 6.20. The van der Waals surface area contributed by atoms with Crippen LogP contribution in [-0.2, 0) is 0 Å². The van der Waals surface area contributed by atoms with Gasteiger partial charge in [-0.25, -0.2) is 9.37 Å². The number of rotatable bonds is 5. The molecule has 0 radical (unpaired) electrons. The van der Waals surface area contributed by atoms with Crippen LogP contribution in [0.1, 0.15) is 47.9 Å². The summed E-state index contributed by atoms with van der Waals surface area (Å²) >= 11 is 1.71. The summed E-state index contributed by atoms with van der Waals surface area (Å²) in [6, 6.07) is 18.8. The molecule has 33 heavy (non-hydrogen) atoms. The van der Waals surface area contributed by atoms with Gasteiger partial charge in [-0.3, -0.25) is 4.98 Å². The van der Waals surface area contributed by atoms with Gasteiger partial charge >= 0.3 is 0 Å². The highest BCUT2D eigenvalue weighted by molar-refractivity contribution is 7.15. The molecule has 3 N–H and O–H groups in total. The number of nitrogens with two attached hydrogens (primary N) is 1. The first-order valence-corrected chi connectivity index (χ1v) is 12.2. The molecule has 0 saturated carbocycles. The van der Waals surface area contributed by atoms with Crippen LogP contribution < -0.4 is 11.1 Å². The lowest BCUT2D eigenvalue weighted by atomic mass is 9.94. The van der Waals surface area contributed by atoms with Gasteiger partial charge in [-0.15, -0.1) is 11.3 Å². The van der Waals surface area contributed by atoms with Crippen molar-refractivity contribution in [1.29, 1.82) is 0 Å². The summed E-state index contributed by atoms with van der Waals surface area (Å²) < 4.78 is 13.6. The van der Waals surface area contributed by atoms with Crippen LogP contribution in [-0.4, -0.2) is 23.1 Å². The third kappa shape index (κ3) is 4.41. The fraction of sp³-hybridized carbons (Fsp3) is 0.259. The van der Waals surface area contributed by atoms with Crippen molar-refractivity contribution in [3.05, 3.63) is 88.9 Å². The van der Waals surface area contributed by atoms with Gasteiger partial charge in [0.1, 0.15) is 5.82 Å². The van der Waals surface area contributed by atoms with Crippen molar-refractivity contribution in [2.24, 2.45) is 0 Å². The van der Waals surface area contributed by atoms with Gasteiger partial charge in [0.25, 0.3) is 0 Å². The summed E-state index contributed by atoms with van der Waals surface area (Å²) in [6.45, 7) is 4.13. The summed E-state index contributed by atoms with van der Waals surface area (Å²) in [5, 5.41) is 4.55. The first kappa shape index (κ1) is 21.7. The molecule has 0 spiro atoms. The van der Waals surface area contributed by atoms with E-state index in [4.69, 9.17) is 10.7 Å². The summed E-state index contributed by atoms with van der Waals surface area (Å²) in [5.41, 5.74) is 12.2. The van der Waals surface area contributed by atoms with Gasteiger partial charge < -0.3 is 11.1 Å². The van der Waals surface area contributed by atoms with E-state index in [1.807, 2.05) is 30.5 Å². The number of nitrogens with zero attached hydrogens (tertiary/aromatic N) is 2. The number of aromatic nitrogens is 2. The zero-order chi connectivity index (χ0) is 22.8. The summed E-state index contributed by atoms with van der Waals surface area (Å²) in [5.74, 6) is 0.240. The molecule has 3 heterocycles. The zero-order valence-electron chi connectivity index (χ0n) is 18.6. The molecule has 168 valence electrons. The molecule has 1 saturated heterocycles. The third-order valence-electron chi connectivity index (χ3n) is 6.43. The number of hydrogen-bond donors (Lipinski definition) is 2. The second-order valence-electron chi connectivity index (χ2n) is 8.55. The van der Waals surface area contributed by atoms with Crippen molar-refractivity contribution in [2.75, 3.05) is 18.8 Å². The lowest BCUT2D eigenvalue weighted by Crippen LogP contribution is -2.26. The van der Waals surface area contributed by atoms with Crippen LogP contribution >= 0.6 is 11.3 Å². The Morgan fingerprint density at radius 2 is 1.76 bits per heavy atom. The number of halogens is 1. The Bertz CT molecular complexity index is 1230. The van der Waals surface area contributed by atoms with E-state index in [9.17, 15) is 4.39 Å². The van der Waals surface area contributed by atoms with Gasteiger partial charge in [-0.05, 0) is 61.8 Å². The average molecular weight is 459 g/mol. The SMILES string of the molecule is C[C@@H](c1ccccc1)c1nccc(-c2sc(C3CCNCC3)nc2-c2ccc(F)cc2)c1N. The highest BCUT2D eigenvalue weighted by Gasteiger charge is 2.25. The standard InChI is InChI=1S/C27H27FN4S/c1-17(18-5-3-2-4-6-18)24-23(29)22(13-16-31-24)26-25(19-7-9-21(28)10-8-19)32-27(33-26)20-11-14-30-15-12-20/h2-10,13,16-17,20,30H,11-12,14-15,29H2,1H3/t17-/m0/s1. The number of nitrogens with one attached hydrogen (secondary N) is 1. The molecule has 0 bridgehead atoms. The molecule has 4 aromatic rings. The fourth-order valence-corrected chi connectivity index (χ4v) is 5.79. The number of benzene rings is 2. The molecule has 2 aromatic heterocycles. The summed E-state index contributed by atoms with van der Waals surface area (Å²) in [6.07, 6.45) is 3.97. The number of piperidine rings is 1. The lowest BCUT2D eigenvalue weighted by molar-refractivity contribution is 0.459. The van der Waals surface area contributed by atoms with Crippen LogP contribution in [0.3, 0.4) is 0 Å². The summed E-state index contributed by atoms with van der Waals surface area (Å²) in [4.78, 5) is 10.8. The second-order valence-corrected chi connectivity index (χ2v) is 9.58. The lowest BCUT2D eigenvalue weighted by Gasteiger charge is -2.20. The van der Waals surface area contributed by atoms with Crippen LogP contribution in [0.4, 0.5) is 10.1 Å². The van der Waals surface area contributed by atoms with Crippen LogP contribution in [0.5, 0.6) is 0 Å². The Balaban J connectivity index is 1.62. The van der Waals surface area contributed by atoms with Crippen molar-refractivity contribution in [3.8, 4) is 21.7 Å². The van der Waals surface area contributed by atoms with Crippen LogP contribution in [0.2, 0.25) is 0 Å². The van der Waals surface area contributed by atoms with Crippen molar-refractivity contribution < 1.29 is 4.39 Å². The molecule has 2 aromatic carbocycles. The topological polar surface area (TPSA) is 63.8 Å². The number of hydrogen-bond acceptors (Lipinski definition) is 5. The molecule has 6 heteroatoms. The maximum Gasteiger partial charge on any atom is 0.123 e. The molecular weight excluding hydrogens is 431 g/mol. The second kappa shape index (κ2) is 9.41. The van der Waals surface area contributed by atoms with Crippen molar-refractivity contribution >= 4 is 17.0 Å². The first-order valence-electron chi connectivity index (χ1n) is 11.4. The van der Waals surface area contributed by atoms with Gasteiger partial charge in [0.05, 0.1) is 27.0 Å². The smallest absolute Gasteiger partial charge is 0.123 e. The van der Waals surface area contributed by atoms with Crippen molar-refractivity contribution in [2.45, 2.75) is 31.6 Å². The molecule has 0 amide bonds. The molecule has 1 atom stereocenters. The normalized spacial score (nSPS) is 15.5. The predicted octanol–water partition coefficient (Wildman–Crippen LogP) is 6.21. The van der Waals surface area contributed by atoms with Crippen molar-refractivity contribution in [3.63, 3.8) is 0 Å². The molecule has 4 nitrogen and oxygen atoms in total. The van der Waals surface area contributed by atoms with Gasteiger partial charge in [0, 0.05) is 29.2 Å². The molecule has 0 unspecified atom stereocenters. The third-order valence-corrected chi connectivity index (χ3v) is 7.68. The Morgan fingerprint density at radius 3 is 2.48 bits per heavy atom. The fourth-order valence-electron chi connectivity index (χ4n) is 4.50. The highest BCUT2D eigenvalue weighted by Crippen LogP contribution is 2.44. The number of nitrogen functional groups attached to an aromatic ring is 1. The van der Waals surface area contributed by atoms with Crippen LogP contribution in [0.15, 0.2) is 66.9 Å². The van der Waals surface area contributed by atoms with E-state index < -0.39 is 0 Å². The minimum Gasteiger partial charge on any atom is -0.397 e. The van der Waals surface area contributed by atoms with E-state index in [1.165, 1.54) is 17.7 Å². The summed E-state index contributed by atoms with van der Waals surface area (Å²) in [7, 11) is 0. The van der Waals surface area contributed by atoms with E-state index in [0.29, 0.717) is 11.6 Å². The van der Waals surface area contributed by atoms with Gasteiger partial charge in [-0.1, -0.05) is 37.3 Å². The van der Waals surface area contributed by atoms with Crippen LogP contribution in [0.25, 0.3) is 21.7 Å². The average Bonchev–Trinajstić information content (AvgIpc) is 3.30. The van der Waals surface area contributed by atoms with Gasteiger partial charge in [-0.2, -0.15) is 0 Å². The molecule has 1 aliphatic heterocycles. The van der Waals surface area contributed by atoms with Gasteiger partial charge in [0.2, 0.25) is 0 Å².